The molecule has 0 radical (unpaired) electrons. The maximum atomic E-state index is 5.50. The normalized spacial score (nSPS) is 10.9. The van der Waals surface area contributed by atoms with Crippen molar-refractivity contribution < 1.29 is 9.47 Å². The van der Waals surface area contributed by atoms with Crippen LogP contribution in [-0.4, -0.2) is 31.9 Å². The fourth-order valence-electron chi connectivity index (χ4n) is 2.50. The average molecular weight is 262 g/mol. The zero-order valence-corrected chi connectivity index (χ0v) is 12.1. The van der Waals surface area contributed by atoms with Gasteiger partial charge in [0.1, 0.15) is 11.5 Å². The molecule has 4 heteroatoms. The molecule has 1 aromatic carbocycles. The molecule has 0 amide bonds. The Labute approximate surface area is 114 Å². The van der Waals surface area contributed by atoms with Gasteiger partial charge in [-0.2, -0.15) is 0 Å². The Balaban J connectivity index is 2.52. The summed E-state index contributed by atoms with van der Waals surface area (Å²) in [6, 6.07) is 3.92. The number of aromatic nitrogens is 1. The Hall–Kier alpha value is -1.68. The predicted octanol–water partition coefficient (Wildman–Crippen LogP) is 2.35. The lowest BCUT2D eigenvalue weighted by atomic mass is 10.1. The minimum atomic E-state index is 0.882. The lowest BCUT2D eigenvalue weighted by molar-refractivity contribution is 0.409. The van der Waals surface area contributed by atoms with Crippen LogP contribution in [0, 0.1) is 0 Å². The molecule has 0 aliphatic rings. The molecule has 0 aliphatic heterocycles. The van der Waals surface area contributed by atoms with Crippen molar-refractivity contribution in [3.8, 4) is 11.5 Å². The van der Waals surface area contributed by atoms with Crippen LogP contribution in [-0.2, 0) is 13.5 Å². The predicted molar refractivity (Wildman–Crippen MR) is 78.3 cm³/mol. The SMILES string of the molecule is CCNCCc1cn(C)c2c(OC)ccc(OC)c12. The van der Waals surface area contributed by atoms with Crippen LogP contribution in [0.4, 0.5) is 0 Å². The maximum absolute atomic E-state index is 5.50. The Morgan fingerprint density at radius 3 is 2.47 bits per heavy atom. The second kappa shape index (κ2) is 5.97. The third-order valence-corrected chi connectivity index (χ3v) is 3.39. The van der Waals surface area contributed by atoms with Gasteiger partial charge in [-0.1, -0.05) is 6.92 Å². The molecular weight excluding hydrogens is 240 g/mol. The molecule has 1 N–H and O–H groups in total. The summed E-state index contributed by atoms with van der Waals surface area (Å²) >= 11 is 0. The van der Waals surface area contributed by atoms with E-state index in [0.717, 1.165) is 41.9 Å². The summed E-state index contributed by atoms with van der Waals surface area (Å²) in [5.74, 6) is 1.79. The first-order chi connectivity index (χ1) is 9.22. The monoisotopic (exact) mass is 262 g/mol. The average Bonchev–Trinajstić information content (AvgIpc) is 2.76. The van der Waals surface area contributed by atoms with Crippen molar-refractivity contribution in [1.29, 1.82) is 0 Å². The number of hydrogen-bond acceptors (Lipinski definition) is 3. The van der Waals surface area contributed by atoms with Crippen molar-refractivity contribution in [2.75, 3.05) is 27.3 Å². The van der Waals surface area contributed by atoms with E-state index in [4.69, 9.17) is 9.47 Å². The van der Waals surface area contributed by atoms with E-state index < -0.39 is 0 Å². The first-order valence-corrected chi connectivity index (χ1v) is 6.62. The van der Waals surface area contributed by atoms with Crippen molar-refractivity contribution in [3.05, 3.63) is 23.9 Å². The number of ether oxygens (including phenoxy) is 2. The van der Waals surface area contributed by atoms with Crippen LogP contribution in [0.25, 0.3) is 10.9 Å². The third-order valence-electron chi connectivity index (χ3n) is 3.39. The van der Waals surface area contributed by atoms with E-state index in [1.165, 1.54) is 5.56 Å². The Morgan fingerprint density at radius 2 is 1.84 bits per heavy atom. The number of nitrogens with one attached hydrogen (secondary N) is 1. The van der Waals surface area contributed by atoms with Gasteiger partial charge in [0.05, 0.1) is 19.7 Å². The topological polar surface area (TPSA) is 35.4 Å². The molecule has 0 fully saturated rings. The van der Waals surface area contributed by atoms with Gasteiger partial charge in [-0.3, -0.25) is 0 Å². The molecule has 0 saturated carbocycles. The van der Waals surface area contributed by atoms with Gasteiger partial charge in [-0.25, -0.2) is 0 Å². The summed E-state index contributed by atoms with van der Waals surface area (Å²) in [5.41, 5.74) is 2.38. The summed E-state index contributed by atoms with van der Waals surface area (Å²) in [6.07, 6.45) is 3.14. The molecule has 2 rings (SSSR count). The van der Waals surface area contributed by atoms with Crippen LogP contribution in [0.15, 0.2) is 18.3 Å². The second-order valence-electron chi connectivity index (χ2n) is 4.56. The summed E-state index contributed by atoms with van der Waals surface area (Å²) in [5, 5.41) is 4.51. The zero-order valence-electron chi connectivity index (χ0n) is 12.1. The van der Waals surface area contributed by atoms with Crippen LogP contribution in [0.1, 0.15) is 12.5 Å². The molecule has 0 bridgehead atoms. The highest BCUT2D eigenvalue weighted by Crippen LogP contribution is 2.36. The zero-order chi connectivity index (χ0) is 13.8. The fourth-order valence-corrected chi connectivity index (χ4v) is 2.50. The molecule has 4 nitrogen and oxygen atoms in total. The molecule has 0 saturated heterocycles. The number of methoxy groups -OCH3 is 2. The van der Waals surface area contributed by atoms with Crippen LogP contribution >= 0.6 is 0 Å². The van der Waals surface area contributed by atoms with Gasteiger partial charge in [-0.05, 0) is 37.2 Å². The number of likely N-dealkylation sites (N-methyl/N-ethyl adjacent to an activating group) is 1. The van der Waals surface area contributed by atoms with Crippen LogP contribution in [0.3, 0.4) is 0 Å². The minimum absolute atomic E-state index is 0.882. The first-order valence-electron chi connectivity index (χ1n) is 6.62. The summed E-state index contributed by atoms with van der Waals surface area (Å²) in [7, 11) is 5.45. The molecule has 0 spiro atoms. The summed E-state index contributed by atoms with van der Waals surface area (Å²) in [6.45, 7) is 4.08. The van der Waals surface area contributed by atoms with Crippen molar-refractivity contribution >= 4 is 10.9 Å². The van der Waals surface area contributed by atoms with Gasteiger partial charge in [0.15, 0.2) is 0 Å². The van der Waals surface area contributed by atoms with Gasteiger partial charge < -0.3 is 19.4 Å². The number of nitrogens with zero attached hydrogens (tertiary/aromatic N) is 1. The van der Waals surface area contributed by atoms with E-state index in [9.17, 15) is 0 Å². The van der Waals surface area contributed by atoms with E-state index in [2.05, 4.69) is 23.0 Å². The lowest BCUT2D eigenvalue weighted by Crippen LogP contribution is -2.15. The summed E-state index contributed by atoms with van der Waals surface area (Å²) in [4.78, 5) is 0. The molecule has 0 unspecified atom stereocenters. The van der Waals surface area contributed by atoms with Crippen molar-refractivity contribution in [1.82, 2.24) is 9.88 Å². The Morgan fingerprint density at radius 1 is 1.16 bits per heavy atom. The number of hydrogen-bond donors (Lipinski definition) is 1. The van der Waals surface area contributed by atoms with E-state index in [1.54, 1.807) is 14.2 Å². The number of benzene rings is 1. The van der Waals surface area contributed by atoms with Crippen molar-refractivity contribution in [2.24, 2.45) is 7.05 Å². The molecule has 1 aromatic heterocycles. The Kier molecular flexibility index (Phi) is 4.32. The minimum Gasteiger partial charge on any atom is -0.496 e. The molecule has 0 atom stereocenters. The molecule has 1 heterocycles. The smallest absolute Gasteiger partial charge is 0.143 e. The maximum Gasteiger partial charge on any atom is 0.143 e. The van der Waals surface area contributed by atoms with Crippen molar-refractivity contribution in [3.63, 3.8) is 0 Å². The molecule has 19 heavy (non-hydrogen) atoms. The number of rotatable bonds is 6. The van der Waals surface area contributed by atoms with E-state index in [0.29, 0.717) is 0 Å². The van der Waals surface area contributed by atoms with Gasteiger partial charge in [0.25, 0.3) is 0 Å². The highest BCUT2D eigenvalue weighted by molar-refractivity contribution is 5.94. The lowest BCUT2D eigenvalue weighted by Gasteiger charge is -2.09. The highest BCUT2D eigenvalue weighted by atomic mass is 16.5. The standard InChI is InChI=1S/C15H22N2O2/c1-5-16-9-8-11-10-17(2)15-13(19-4)7-6-12(18-3)14(11)15/h6-7,10,16H,5,8-9H2,1-4H3. The third kappa shape index (κ3) is 2.54. The second-order valence-corrected chi connectivity index (χ2v) is 4.56. The van der Waals surface area contributed by atoms with Crippen LogP contribution < -0.4 is 14.8 Å². The quantitative estimate of drug-likeness (QED) is 0.812. The number of fused-ring (bicyclic) bond motifs is 1. The molecular formula is C15H22N2O2. The van der Waals surface area contributed by atoms with Gasteiger partial charge in [-0.15, -0.1) is 0 Å². The summed E-state index contributed by atoms with van der Waals surface area (Å²) < 4.78 is 13.1. The molecule has 0 aliphatic carbocycles. The fraction of sp³-hybridized carbons (Fsp3) is 0.467. The van der Waals surface area contributed by atoms with Crippen molar-refractivity contribution in [2.45, 2.75) is 13.3 Å². The van der Waals surface area contributed by atoms with E-state index in [-0.39, 0.29) is 0 Å². The van der Waals surface area contributed by atoms with Crippen LogP contribution in [0.2, 0.25) is 0 Å². The number of aryl methyl sites for hydroxylation is 1. The largest absolute Gasteiger partial charge is 0.496 e. The first kappa shape index (κ1) is 13.7. The highest BCUT2D eigenvalue weighted by Gasteiger charge is 2.15. The van der Waals surface area contributed by atoms with Gasteiger partial charge in [0.2, 0.25) is 0 Å². The van der Waals surface area contributed by atoms with Gasteiger partial charge >= 0.3 is 0 Å². The Bertz CT molecular complexity index is 561. The van der Waals surface area contributed by atoms with E-state index in [1.807, 2.05) is 19.2 Å². The molecule has 104 valence electrons. The van der Waals surface area contributed by atoms with Gasteiger partial charge in [0, 0.05) is 18.6 Å². The van der Waals surface area contributed by atoms with Crippen LogP contribution in [0.5, 0.6) is 11.5 Å². The van der Waals surface area contributed by atoms with E-state index >= 15 is 0 Å². The molecule has 2 aromatic rings.